The molecule has 0 bridgehead atoms. The maximum absolute atomic E-state index is 14.1. The fourth-order valence-electron chi connectivity index (χ4n) is 3.39. The van der Waals surface area contributed by atoms with Gasteiger partial charge in [0.15, 0.2) is 0 Å². The van der Waals surface area contributed by atoms with Gasteiger partial charge in [-0.3, -0.25) is 4.79 Å². The minimum Gasteiger partial charge on any atom is -0.381 e. The van der Waals surface area contributed by atoms with Crippen LogP contribution in [-0.2, 0) is 16.0 Å². The molecule has 0 radical (unpaired) electrons. The van der Waals surface area contributed by atoms with E-state index in [0.29, 0.717) is 12.1 Å². The van der Waals surface area contributed by atoms with Crippen LogP contribution in [0.2, 0.25) is 0 Å². The number of rotatable bonds is 4. The summed E-state index contributed by atoms with van der Waals surface area (Å²) in [4.78, 5) is 14.5. The monoisotopic (exact) mass is 345 g/mol. The van der Waals surface area contributed by atoms with Crippen LogP contribution in [0.5, 0.6) is 0 Å². The fourth-order valence-corrected chi connectivity index (χ4v) is 3.39. The van der Waals surface area contributed by atoms with Crippen molar-refractivity contribution in [1.82, 2.24) is 14.7 Å². The molecule has 25 heavy (non-hydrogen) atoms. The molecule has 0 unspecified atom stereocenters. The van der Waals surface area contributed by atoms with E-state index in [1.54, 1.807) is 30.0 Å². The first-order valence-corrected chi connectivity index (χ1v) is 8.61. The van der Waals surface area contributed by atoms with Crippen LogP contribution >= 0.6 is 0 Å². The number of aromatic nitrogens is 2. The average Bonchev–Trinajstić information content (AvgIpc) is 2.90. The van der Waals surface area contributed by atoms with Gasteiger partial charge in [-0.05, 0) is 38.8 Å². The number of benzene rings is 1. The minimum atomic E-state index is -0.326. The van der Waals surface area contributed by atoms with Crippen LogP contribution < -0.4 is 0 Å². The summed E-state index contributed by atoms with van der Waals surface area (Å²) < 4.78 is 21.0. The van der Waals surface area contributed by atoms with E-state index in [1.165, 1.54) is 6.07 Å². The number of likely N-dealkylation sites (tertiary alicyclic amines) is 1. The Morgan fingerprint density at radius 1 is 1.28 bits per heavy atom. The number of nitrogens with zero attached hydrogens (tertiary/aromatic N) is 3. The van der Waals surface area contributed by atoms with Gasteiger partial charge in [-0.25, -0.2) is 9.07 Å². The van der Waals surface area contributed by atoms with Crippen molar-refractivity contribution >= 4 is 5.91 Å². The molecule has 6 heteroatoms. The largest absolute Gasteiger partial charge is 0.381 e. The van der Waals surface area contributed by atoms with Crippen LogP contribution in [0, 0.1) is 19.7 Å². The van der Waals surface area contributed by atoms with Gasteiger partial charge in [0, 0.05) is 31.5 Å². The molecule has 0 atom stereocenters. The highest BCUT2D eigenvalue weighted by atomic mass is 19.1. The standard InChI is InChI=1S/C19H24FN3O2/c1-13-16(12-19(24)22-10-8-15(25-3)9-11-22)14(2)23(21-13)18-7-5-4-6-17(18)20/h4-7,15H,8-12H2,1-3H3. The first kappa shape index (κ1) is 17.6. The van der Waals surface area contributed by atoms with Gasteiger partial charge in [-0.15, -0.1) is 0 Å². The Morgan fingerprint density at radius 2 is 1.96 bits per heavy atom. The third kappa shape index (κ3) is 3.58. The van der Waals surface area contributed by atoms with Gasteiger partial charge in [0.1, 0.15) is 11.5 Å². The number of piperidine rings is 1. The van der Waals surface area contributed by atoms with E-state index in [2.05, 4.69) is 5.10 Å². The second-order valence-electron chi connectivity index (χ2n) is 6.51. The van der Waals surface area contributed by atoms with Crippen LogP contribution in [0.15, 0.2) is 24.3 Å². The number of methoxy groups -OCH3 is 1. The summed E-state index contributed by atoms with van der Waals surface area (Å²) in [5.41, 5.74) is 2.86. The van der Waals surface area contributed by atoms with Crippen molar-refractivity contribution in [3.05, 3.63) is 47.0 Å². The number of carbonyl (C=O) groups is 1. The highest BCUT2D eigenvalue weighted by molar-refractivity contribution is 5.79. The Hall–Kier alpha value is -2.21. The number of halogens is 1. The van der Waals surface area contributed by atoms with E-state index in [1.807, 2.05) is 18.7 Å². The first-order chi connectivity index (χ1) is 12.0. The quantitative estimate of drug-likeness (QED) is 0.856. The second-order valence-corrected chi connectivity index (χ2v) is 6.51. The third-order valence-electron chi connectivity index (χ3n) is 4.98. The normalized spacial score (nSPS) is 15.6. The number of hydrogen-bond donors (Lipinski definition) is 0. The van der Waals surface area contributed by atoms with Gasteiger partial charge in [0.25, 0.3) is 0 Å². The second kappa shape index (κ2) is 7.35. The van der Waals surface area contributed by atoms with E-state index in [9.17, 15) is 9.18 Å². The van der Waals surface area contributed by atoms with Crippen molar-refractivity contribution in [3.63, 3.8) is 0 Å². The Bertz CT molecular complexity index is 764. The Balaban J connectivity index is 1.78. The van der Waals surface area contributed by atoms with Gasteiger partial charge in [-0.2, -0.15) is 5.10 Å². The smallest absolute Gasteiger partial charge is 0.227 e. The minimum absolute atomic E-state index is 0.0915. The van der Waals surface area contributed by atoms with Crippen molar-refractivity contribution in [1.29, 1.82) is 0 Å². The number of aryl methyl sites for hydroxylation is 1. The Kier molecular flexibility index (Phi) is 5.18. The zero-order chi connectivity index (χ0) is 18.0. The Labute approximate surface area is 147 Å². The van der Waals surface area contributed by atoms with E-state index in [0.717, 1.165) is 42.9 Å². The molecular formula is C19H24FN3O2. The molecule has 0 N–H and O–H groups in total. The number of para-hydroxylation sites is 1. The predicted octanol–water partition coefficient (Wildman–Crippen LogP) is 2.81. The lowest BCUT2D eigenvalue weighted by Gasteiger charge is -2.31. The molecule has 2 aromatic rings. The molecule has 1 amide bonds. The summed E-state index contributed by atoms with van der Waals surface area (Å²) in [5, 5.41) is 4.45. The number of carbonyl (C=O) groups excluding carboxylic acids is 1. The molecule has 1 aromatic heterocycles. The van der Waals surface area contributed by atoms with E-state index in [-0.39, 0.29) is 17.8 Å². The average molecular weight is 345 g/mol. The molecule has 1 saturated heterocycles. The van der Waals surface area contributed by atoms with Crippen LogP contribution in [0.1, 0.15) is 29.8 Å². The molecule has 134 valence electrons. The summed E-state index contributed by atoms with van der Waals surface area (Å²) in [6.45, 7) is 5.18. The topological polar surface area (TPSA) is 47.4 Å². The van der Waals surface area contributed by atoms with E-state index in [4.69, 9.17) is 4.74 Å². The molecular weight excluding hydrogens is 321 g/mol. The summed E-state index contributed by atoms with van der Waals surface area (Å²) >= 11 is 0. The first-order valence-electron chi connectivity index (χ1n) is 8.61. The maximum Gasteiger partial charge on any atom is 0.227 e. The summed E-state index contributed by atoms with van der Waals surface area (Å²) in [5.74, 6) is -0.235. The molecule has 1 aliphatic heterocycles. The molecule has 0 saturated carbocycles. The van der Waals surface area contributed by atoms with Gasteiger partial charge in [0.05, 0.1) is 18.2 Å². The summed E-state index contributed by atoms with van der Waals surface area (Å²) in [6.07, 6.45) is 2.28. The zero-order valence-electron chi connectivity index (χ0n) is 15.0. The fraction of sp³-hybridized carbons (Fsp3) is 0.474. The molecule has 3 rings (SSSR count). The molecule has 1 aliphatic rings. The summed E-state index contributed by atoms with van der Waals surface area (Å²) in [7, 11) is 1.71. The number of amides is 1. The van der Waals surface area contributed by atoms with E-state index >= 15 is 0 Å². The van der Waals surface area contributed by atoms with E-state index < -0.39 is 0 Å². The lowest BCUT2D eigenvalue weighted by atomic mass is 10.1. The van der Waals surface area contributed by atoms with Crippen LogP contribution in [0.25, 0.3) is 5.69 Å². The van der Waals surface area contributed by atoms with Crippen LogP contribution in [0.4, 0.5) is 4.39 Å². The maximum atomic E-state index is 14.1. The van der Waals surface area contributed by atoms with Crippen molar-refractivity contribution in [3.8, 4) is 5.69 Å². The molecule has 0 spiro atoms. The van der Waals surface area contributed by atoms with Gasteiger partial charge in [-0.1, -0.05) is 12.1 Å². The molecule has 5 nitrogen and oxygen atoms in total. The molecule has 0 aliphatic carbocycles. The van der Waals surface area contributed by atoms with Crippen molar-refractivity contribution in [2.75, 3.05) is 20.2 Å². The number of ether oxygens (including phenoxy) is 1. The lowest BCUT2D eigenvalue weighted by Crippen LogP contribution is -2.41. The van der Waals surface area contributed by atoms with Crippen molar-refractivity contribution in [2.24, 2.45) is 0 Å². The van der Waals surface area contributed by atoms with Gasteiger partial charge >= 0.3 is 0 Å². The predicted molar refractivity (Wildman–Crippen MR) is 93.3 cm³/mol. The summed E-state index contributed by atoms with van der Waals surface area (Å²) in [6, 6.07) is 6.53. The van der Waals surface area contributed by atoms with Gasteiger partial charge < -0.3 is 9.64 Å². The lowest BCUT2D eigenvalue weighted by molar-refractivity contribution is -0.132. The van der Waals surface area contributed by atoms with Crippen LogP contribution in [-0.4, -0.2) is 46.9 Å². The Morgan fingerprint density at radius 3 is 2.60 bits per heavy atom. The highest BCUT2D eigenvalue weighted by Crippen LogP contribution is 2.22. The molecule has 1 fully saturated rings. The molecule has 2 heterocycles. The van der Waals surface area contributed by atoms with Crippen LogP contribution in [0.3, 0.4) is 0 Å². The third-order valence-corrected chi connectivity index (χ3v) is 4.98. The number of hydrogen-bond acceptors (Lipinski definition) is 3. The van der Waals surface area contributed by atoms with Gasteiger partial charge in [0.2, 0.25) is 5.91 Å². The zero-order valence-corrected chi connectivity index (χ0v) is 15.0. The molecule has 1 aromatic carbocycles. The van der Waals surface area contributed by atoms with Crippen molar-refractivity contribution in [2.45, 2.75) is 39.2 Å². The van der Waals surface area contributed by atoms with Crippen molar-refractivity contribution < 1.29 is 13.9 Å². The SMILES string of the molecule is COC1CCN(C(=O)Cc2c(C)nn(-c3ccccc3F)c2C)CC1. The highest BCUT2D eigenvalue weighted by Gasteiger charge is 2.25.